The Hall–Kier alpha value is 0.0600. The summed E-state index contributed by atoms with van der Waals surface area (Å²) in [6.45, 7) is 12.5. The molecule has 0 saturated carbocycles. The lowest BCUT2D eigenvalue weighted by Gasteiger charge is -2.37. The lowest BCUT2D eigenvalue weighted by molar-refractivity contribution is 0.197. The minimum absolute atomic E-state index is 0. The van der Waals surface area contributed by atoms with Gasteiger partial charge in [-0.3, -0.25) is 4.21 Å². The quantitative estimate of drug-likeness (QED) is 0.694. The highest BCUT2D eigenvalue weighted by Gasteiger charge is 2.33. The Bertz CT molecular complexity index is 432. The van der Waals surface area contributed by atoms with Gasteiger partial charge in [0.05, 0.1) is 6.26 Å². The summed E-state index contributed by atoms with van der Waals surface area (Å²) < 4.78 is 37.1. The molecule has 0 radical (unpaired) electrons. The maximum atomic E-state index is 12.0. The molecule has 0 aromatic rings. The predicted molar refractivity (Wildman–Crippen MR) is 108 cm³/mol. The highest BCUT2D eigenvalue weighted by molar-refractivity contribution is 7.88. The molecule has 0 amide bonds. The fourth-order valence-corrected chi connectivity index (χ4v) is 4.88. The molecule has 0 bridgehead atoms. The van der Waals surface area contributed by atoms with Crippen LogP contribution in [0.2, 0.25) is 0 Å². The largest absolute Gasteiger partial charge is 0.260 e. The maximum Gasteiger partial charge on any atom is 0.211 e. The molecule has 0 aliphatic heterocycles. The summed E-state index contributed by atoms with van der Waals surface area (Å²) in [5.41, 5.74) is -0.371. The summed E-state index contributed by atoms with van der Waals surface area (Å²) in [7, 11) is -4.20. The smallest absolute Gasteiger partial charge is 0.211 e. The van der Waals surface area contributed by atoms with Crippen LogP contribution in [0.25, 0.3) is 0 Å². The van der Waals surface area contributed by atoms with Gasteiger partial charge >= 0.3 is 0 Å². The van der Waals surface area contributed by atoms with Crippen LogP contribution < -0.4 is 0 Å². The van der Waals surface area contributed by atoms with Gasteiger partial charge in [0, 0.05) is 34.9 Å². The van der Waals surface area contributed by atoms with E-state index in [1.807, 2.05) is 20.8 Å². The van der Waals surface area contributed by atoms with Gasteiger partial charge in [-0.1, -0.05) is 43.1 Å². The molecular formula is C17H43NO3S2. The van der Waals surface area contributed by atoms with E-state index in [-0.39, 0.29) is 33.6 Å². The van der Waals surface area contributed by atoms with Gasteiger partial charge in [-0.25, -0.2) is 8.42 Å². The van der Waals surface area contributed by atoms with E-state index in [2.05, 4.69) is 20.8 Å². The molecule has 146 valence electrons. The van der Waals surface area contributed by atoms with E-state index in [1.165, 1.54) is 10.6 Å². The van der Waals surface area contributed by atoms with Crippen LogP contribution in [0.5, 0.6) is 0 Å². The van der Waals surface area contributed by atoms with Gasteiger partial charge in [0.15, 0.2) is 0 Å². The molecule has 23 heavy (non-hydrogen) atoms. The second-order valence-electron chi connectivity index (χ2n) is 7.84. The maximum absolute atomic E-state index is 12.0. The van der Waals surface area contributed by atoms with Crippen LogP contribution >= 0.6 is 0 Å². The van der Waals surface area contributed by atoms with Crippen LogP contribution in [0, 0.1) is 11.3 Å². The normalized spacial score (nSPS) is 15.0. The third kappa shape index (κ3) is 14.1. The highest BCUT2D eigenvalue weighted by Crippen LogP contribution is 2.28. The van der Waals surface area contributed by atoms with Crippen molar-refractivity contribution < 1.29 is 12.6 Å². The molecule has 0 spiro atoms. The third-order valence-electron chi connectivity index (χ3n) is 2.94. The SMILES string of the molecule is C.C.C.CS(=O)CC(CN(C(C)(C)C)S(C)(=O)=O)CC(C)(C)C. The molecule has 0 N–H and O–H groups in total. The Morgan fingerprint density at radius 3 is 1.61 bits per heavy atom. The lowest BCUT2D eigenvalue weighted by atomic mass is 9.85. The Morgan fingerprint density at radius 1 is 1.00 bits per heavy atom. The van der Waals surface area contributed by atoms with Gasteiger partial charge in [-0.2, -0.15) is 4.31 Å². The molecule has 0 fully saturated rings. The van der Waals surface area contributed by atoms with Crippen molar-refractivity contribution in [3.8, 4) is 0 Å². The Labute approximate surface area is 149 Å². The van der Waals surface area contributed by atoms with Gasteiger partial charge in [-0.15, -0.1) is 0 Å². The summed E-state index contributed by atoms with van der Waals surface area (Å²) in [6, 6.07) is 0. The second-order valence-corrected chi connectivity index (χ2v) is 11.2. The molecule has 0 saturated heterocycles. The van der Waals surface area contributed by atoms with Crippen LogP contribution in [0.4, 0.5) is 0 Å². The molecule has 0 aromatic carbocycles. The zero-order valence-electron chi connectivity index (χ0n) is 14.2. The van der Waals surface area contributed by atoms with Crippen LogP contribution in [0.3, 0.4) is 0 Å². The average Bonchev–Trinajstić information content (AvgIpc) is 2.06. The molecule has 0 heterocycles. The Balaban J connectivity index is -0.000000602. The van der Waals surface area contributed by atoms with Gasteiger partial charge < -0.3 is 0 Å². The molecule has 2 unspecified atom stereocenters. The summed E-state index contributed by atoms with van der Waals surface area (Å²) >= 11 is 0. The van der Waals surface area contributed by atoms with Crippen molar-refractivity contribution in [3.05, 3.63) is 0 Å². The van der Waals surface area contributed by atoms with Crippen LogP contribution in [0.15, 0.2) is 0 Å². The van der Waals surface area contributed by atoms with E-state index in [1.54, 1.807) is 6.26 Å². The summed E-state index contributed by atoms with van der Waals surface area (Å²) in [6.07, 6.45) is 3.78. The van der Waals surface area contributed by atoms with Crippen LogP contribution in [-0.2, 0) is 20.8 Å². The average molecular weight is 374 g/mol. The van der Waals surface area contributed by atoms with Crippen LogP contribution in [-0.4, -0.2) is 47.3 Å². The second kappa shape index (κ2) is 10.8. The van der Waals surface area contributed by atoms with Crippen molar-refractivity contribution in [2.45, 2.75) is 75.8 Å². The van der Waals surface area contributed by atoms with E-state index in [0.29, 0.717) is 12.3 Å². The zero-order valence-corrected chi connectivity index (χ0v) is 15.8. The van der Waals surface area contributed by atoms with Crippen molar-refractivity contribution in [1.29, 1.82) is 0 Å². The summed E-state index contributed by atoms with van der Waals surface area (Å²) in [5, 5.41) is 0. The molecule has 0 aromatic heterocycles. The molecule has 6 heteroatoms. The molecule has 0 aliphatic rings. The van der Waals surface area contributed by atoms with Crippen molar-refractivity contribution in [2.75, 3.05) is 24.8 Å². The Morgan fingerprint density at radius 2 is 1.39 bits per heavy atom. The monoisotopic (exact) mass is 373 g/mol. The van der Waals surface area contributed by atoms with Gasteiger partial charge in [0.25, 0.3) is 0 Å². The van der Waals surface area contributed by atoms with E-state index in [9.17, 15) is 12.6 Å². The number of hydrogen-bond donors (Lipinski definition) is 0. The molecule has 4 nitrogen and oxygen atoms in total. The van der Waals surface area contributed by atoms with Gasteiger partial charge in [-0.05, 0) is 38.5 Å². The first-order valence-corrected chi connectivity index (χ1v) is 10.5. The standard InChI is InChI=1S/C14H31NO3S2.3CH4/c1-13(2,3)9-12(11-19(7)16)10-15(14(4,5)6)20(8,17)18;;;/h12H,9-11H2,1-8H3;3*1H4. The zero-order chi connectivity index (χ0) is 16.4. The van der Waals surface area contributed by atoms with E-state index in [0.717, 1.165) is 6.42 Å². The van der Waals surface area contributed by atoms with Crippen molar-refractivity contribution in [2.24, 2.45) is 11.3 Å². The van der Waals surface area contributed by atoms with E-state index in [4.69, 9.17) is 0 Å². The predicted octanol–water partition coefficient (Wildman–Crippen LogP) is 4.39. The topological polar surface area (TPSA) is 54.5 Å². The molecule has 0 rings (SSSR count). The number of sulfonamides is 1. The van der Waals surface area contributed by atoms with Crippen molar-refractivity contribution in [3.63, 3.8) is 0 Å². The van der Waals surface area contributed by atoms with Crippen LogP contribution in [0.1, 0.15) is 70.2 Å². The minimum Gasteiger partial charge on any atom is -0.260 e. The fraction of sp³-hybridized carbons (Fsp3) is 1.00. The van der Waals surface area contributed by atoms with Crippen molar-refractivity contribution in [1.82, 2.24) is 4.31 Å². The fourth-order valence-electron chi connectivity index (χ4n) is 2.52. The summed E-state index contributed by atoms with van der Waals surface area (Å²) in [5.74, 6) is 0.647. The van der Waals surface area contributed by atoms with E-state index >= 15 is 0 Å². The Kier molecular flexibility index (Phi) is 14.5. The van der Waals surface area contributed by atoms with Crippen molar-refractivity contribution >= 4 is 20.8 Å². The molecule has 0 aliphatic carbocycles. The first-order valence-electron chi connectivity index (χ1n) is 6.91. The summed E-state index contributed by atoms with van der Waals surface area (Å²) in [4.78, 5) is 0. The van der Waals surface area contributed by atoms with Gasteiger partial charge in [0.2, 0.25) is 10.0 Å². The third-order valence-corrected chi connectivity index (χ3v) is 5.38. The lowest BCUT2D eigenvalue weighted by Crippen LogP contribution is -2.48. The minimum atomic E-state index is -3.27. The van der Waals surface area contributed by atoms with E-state index < -0.39 is 26.4 Å². The molecular weight excluding hydrogens is 330 g/mol. The number of hydrogen-bond acceptors (Lipinski definition) is 3. The number of nitrogens with zero attached hydrogens (tertiary/aromatic N) is 1. The first kappa shape index (κ1) is 30.9. The highest BCUT2D eigenvalue weighted by atomic mass is 32.2. The van der Waals surface area contributed by atoms with Gasteiger partial charge in [0.1, 0.15) is 0 Å². The number of rotatable bonds is 6. The molecule has 2 atom stereocenters. The first-order chi connectivity index (χ1) is 8.63.